The minimum atomic E-state index is -0.497. The summed E-state index contributed by atoms with van der Waals surface area (Å²) < 4.78 is 18.8. The van der Waals surface area contributed by atoms with E-state index in [1.54, 1.807) is 0 Å². The molecule has 1 saturated heterocycles. The van der Waals surface area contributed by atoms with Crippen LogP contribution in [0.3, 0.4) is 0 Å². The Kier molecular flexibility index (Phi) is 4.11. The van der Waals surface area contributed by atoms with Gasteiger partial charge >= 0.3 is 0 Å². The number of halogens is 1. The van der Waals surface area contributed by atoms with Crippen LogP contribution in [0.2, 0.25) is 0 Å². The number of carbonyl (C=O) groups excluding carboxylic acids is 1. The molecule has 0 aliphatic carbocycles. The normalized spacial score (nSPS) is 22.2. The van der Waals surface area contributed by atoms with Crippen LogP contribution < -0.4 is 11.1 Å². The summed E-state index contributed by atoms with van der Waals surface area (Å²) in [5, 5.41) is 2.73. The van der Waals surface area contributed by atoms with Crippen molar-refractivity contribution in [3.63, 3.8) is 0 Å². The molecule has 0 saturated carbocycles. The predicted molar refractivity (Wildman–Crippen MR) is 74.4 cm³/mol. The number of benzene rings is 1. The Bertz CT molecular complexity index is 521. The summed E-state index contributed by atoms with van der Waals surface area (Å²) in [6.07, 6.45) is 0.783. The molecule has 1 amide bonds. The monoisotopic (exact) mass is 282 g/mol. The second-order valence-electron chi connectivity index (χ2n) is 4.62. The average molecular weight is 282 g/mol. The summed E-state index contributed by atoms with van der Waals surface area (Å²) in [7, 11) is 0. The van der Waals surface area contributed by atoms with E-state index in [4.69, 9.17) is 22.7 Å². The lowest BCUT2D eigenvalue weighted by Gasteiger charge is -2.11. The Hall–Kier alpha value is -1.53. The molecule has 102 valence electrons. The van der Waals surface area contributed by atoms with E-state index < -0.39 is 5.82 Å². The number of thiocarbonyl (C=S) groups is 1. The third kappa shape index (κ3) is 3.27. The zero-order chi connectivity index (χ0) is 14.0. The zero-order valence-corrected chi connectivity index (χ0v) is 11.3. The van der Waals surface area contributed by atoms with E-state index in [1.165, 1.54) is 18.2 Å². The van der Waals surface area contributed by atoms with Gasteiger partial charge in [0, 0.05) is 11.3 Å². The van der Waals surface area contributed by atoms with Gasteiger partial charge in [-0.3, -0.25) is 4.79 Å². The van der Waals surface area contributed by atoms with Crippen molar-refractivity contribution in [1.29, 1.82) is 0 Å². The van der Waals surface area contributed by atoms with Crippen LogP contribution in [0.5, 0.6) is 0 Å². The quantitative estimate of drug-likeness (QED) is 0.830. The summed E-state index contributed by atoms with van der Waals surface area (Å²) >= 11 is 4.75. The van der Waals surface area contributed by atoms with Crippen molar-refractivity contribution in [3.8, 4) is 0 Å². The largest absolute Gasteiger partial charge is 0.389 e. The number of anilines is 1. The van der Waals surface area contributed by atoms with Crippen LogP contribution in [0.4, 0.5) is 10.1 Å². The van der Waals surface area contributed by atoms with Gasteiger partial charge in [0.1, 0.15) is 10.8 Å². The average Bonchev–Trinajstić information content (AvgIpc) is 2.78. The molecule has 19 heavy (non-hydrogen) atoms. The van der Waals surface area contributed by atoms with Crippen molar-refractivity contribution >= 4 is 28.8 Å². The second kappa shape index (κ2) is 5.63. The molecule has 6 heteroatoms. The molecule has 2 unspecified atom stereocenters. The Morgan fingerprint density at radius 1 is 1.58 bits per heavy atom. The number of nitrogens with two attached hydrogens (primary N) is 1. The molecule has 1 fully saturated rings. The summed E-state index contributed by atoms with van der Waals surface area (Å²) in [5.41, 5.74) is 6.02. The Morgan fingerprint density at radius 2 is 2.32 bits per heavy atom. The van der Waals surface area contributed by atoms with Gasteiger partial charge in [-0.15, -0.1) is 0 Å². The van der Waals surface area contributed by atoms with Gasteiger partial charge in [-0.1, -0.05) is 12.2 Å². The minimum absolute atomic E-state index is 0.0357. The van der Waals surface area contributed by atoms with E-state index >= 15 is 0 Å². The first-order valence-electron chi connectivity index (χ1n) is 5.99. The number of nitrogens with one attached hydrogen (secondary N) is 1. The lowest BCUT2D eigenvalue weighted by atomic mass is 10.1. The maximum atomic E-state index is 13.4. The van der Waals surface area contributed by atoms with Gasteiger partial charge in [-0.05, 0) is 31.5 Å². The van der Waals surface area contributed by atoms with Crippen LogP contribution in [-0.2, 0) is 9.53 Å². The third-order valence-electron chi connectivity index (χ3n) is 3.07. The van der Waals surface area contributed by atoms with E-state index in [-0.39, 0.29) is 28.5 Å². The van der Waals surface area contributed by atoms with Gasteiger partial charge in [0.05, 0.1) is 18.6 Å². The van der Waals surface area contributed by atoms with Crippen molar-refractivity contribution < 1.29 is 13.9 Å². The SMILES string of the molecule is CC1CC(C(=O)Nc2ccc(F)c(C(N)=S)c2)CO1. The van der Waals surface area contributed by atoms with Crippen molar-refractivity contribution in [2.24, 2.45) is 11.7 Å². The van der Waals surface area contributed by atoms with Crippen molar-refractivity contribution in [2.75, 3.05) is 11.9 Å². The number of hydrogen-bond donors (Lipinski definition) is 2. The van der Waals surface area contributed by atoms with Gasteiger partial charge < -0.3 is 15.8 Å². The van der Waals surface area contributed by atoms with Crippen molar-refractivity contribution in [2.45, 2.75) is 19.4 Å². The maximum Gasteiger partial charge on any atom is 0.229 e. The first-order valence-corrected chi connectivity index (χ1v) is 6.40. The highest BCUT2D eigenvalue weighted by Crippen LogP contribution is 2.22. The number of carbonyl (C=O) groups is 1. The molecule has 1 aromatic carbocycles. The summed E-state index contributed by atoms with van der Waals surface area (Å²) in [6, 6.07) is 4.15. The molecule has 4 nitrogen and oxygen atoms in total. The lowest BCUT2D eigenvalue weighted by Crippen LogP contribution is -2.23. The minimum Gasteiger partial charge on any atom is -0.389 e. The second-order valence-corrected chi connectivity index (χ2v) is 5.06. The molecule has 1 heterocycles. The van der Waals surface area contributed by atoms with Gasteiger partial charge in [0.15, 0.2) is 0 Å². The number of hydrogen-bond acceptors (Lipinski definition) is 3. The van der Waals surface area contributed by atoms with E-state index in [1.807, 2.05) is 6.92 Å². The molecule has 0 aromatic heterocycles. The summed E-state index contributed by atoms with van der Waals surface area (Å²) in [4.78, 5) is 11.9. The molecule has 1 aliphatic rings. The highest BCUT2D eigenvalue weighted by Gasteiger charge is 2.28. The third-order valence-corrected chi connectivity index (χ3v) is 3.29. The topological polar surface area (TPSA) is 64.4 Å². The predicted octanol–water partition coefficient (Wildman–Crippen LogP) is 1.82. The molecular formula is C13H15FN2O2S. The van der Waals surface area contributed by atoms with E-state index in [9.17, 15) is 9.18 Å². The van der Waals surface area contributed by atoms with Crippen LogP contribution >= 0.6 is 12.2 Å². The molecule has 0 spiro atoms. The Morgan fingerprint density at radius 3 is 2.89 bits per heavy atom. The van der Waals surface area contributed by atoms with Gasteiger partial charge in [0.2, 0.25) is 5.91 Å². The highest BCUT2D eigenvalue weighted by molar-refractivity contribution is 7.80. The first kappa shape index (κ1) is 13.9. The summed E-state index contributed by atoms with van der Waals surface area (Å²) in [6.45, 7) is 2.34. The van der Waals surface area contributed by atoms with Crippen LogP contribution in [0, 0.1) is 11.7 Å². The Balaban J connectivity index is 2.09. The maximum absolute atomic E-state index is 13.4. The van der Waals surface area contributed by atoms with Crippen molar-refractivity contribution in [1.82, 2.24) is 0 Å². The first-order chi connectivity index (χ1) is 8.97. The molecule has 0 bridgehead atoms. The molecule has 2 atom stereocenters. The highest BCUT2D eigenvalue weighted by atomic mass is 32.1. The fraction of sp³-hybridized carbons (Fsp3) is 0.385. The van der Waals surface area contributed by atoms with Crippen LogP contribution in [-0.4, -0.2) is 23.6 Å². The molecule has 1 aromatic rings. The fourth-order valence-electron chi connectivity index (χ4n) is 2.04. The molecular weight excluding hydrogens is 267 g/mol. The van der Waals surface area contributed by atoms with Crippen LogP contribution in [0.1, 0.15) is 18.9 Å². The van der Waals surface area contributed by atoms with E-state index in [2.05, 4.69) is 5.32 Å². The number of ether oxygens (including phenoxy) is 1. The van der Waals surface area contributed by atoms with Crippen molar-refractivity contribution in [3.05, 3.63) is 29.6 Å². The van der Waals surface area contributed by atoms with Crippen LogP contribution in [0.25, 0.3) is 0 Å². The lowest BCUT2D eigenvalue weighted by molar-refractivity contribution is -0.119. The number of rotatable bonds is 3. The zero-order valence-electron chi connectivity index (χ0n) is 10.5. The van der Waals surface area contributed by atoms with Gasteiger partial charge in [-0.25, -0.2) is 4.39 Å². The molecule has 3 N–H and O–H groups in total. The number of amides is 1. The summed E-state index contributed by atoms with van der Waals surface area (Å²) in [5.74, 6) is -0.804. The Labute approximate surface area is 116 Å². The van der Waals surface area contributed by atoms with Gasteiger partial charge in [-0.2, -0.15) is 0 Å². The van der Waals surface area contributed by atoms with Crippen LogP contribution in [0.15, 0.2) is 18.2 Å². The standard InChI is InChI=1S/C13H15FN2O2S/c1-7-4-8(6-18-7)13(17)16-9-2-3-11(14)10(5-9)12(15)19/h2-3,5,7-8H,4,6H2,1H3,(H2,15,19)(H,16,17). The molecule has 1 aliphatic heterocycles. The van der Waals surface area contributed by atoms with E-state index in [0.717, 1.165) is 0 Å². The van der Waals surface area contributed by atoms with E-state index in [0.29, 0.717) is 18.7 Å². The molecule has 2 rings (SSSR count). The van der Waals surface area contributed by atoms with Gasteiger partial charge in [0.25, 0.3) is 0 Å². The fourth-order valence-corrected chi connectivity index (χ4v) is 2.19. The smallest absolute Gasteiger partial charge is 0.229 e. The molecule has 0 radical (unpaired) electrons.